The van der Waals surface area contributed by atoms with Gasteiger partial charge in [-0.15, -0.1) is 5.10 Å². The number of anilines is 1. The molecule has 2 aliphatic rings. The maximum Gasteiger partial charge on any atom is 0.270 e. The monoisotopic (exact) mass is 630 g/mol. The first-order chi connectivity index (χ1) is 20.7. The fourth-order valence-corrected chi connectivity index (χ4v) is 5.69. The lowest BCUT2D eigenvalue weighted by Crippen LogP contribution is -2.50. The van der Waals surface area contributed by atoms with Gasteiger partial charge in [-0.2, -0.15) is 10.2 Å². The highest BCUT2D eigenvalue weighted by Gasteiger charge is 2.48. The summed E-state index contributed by atoms with van der Waals surface area (Å²) >= 11 is 0. The number of nitrogens with one attached hydrogen (secondary N) is 2. The molecule has 2 N–H and O–H groups in total. The van der Waals surface area contributed by atoms with E-state index in [9.17, 15) is 35.9 Å². The first-order valence-corrected chi connectivity index (χ1v) is 14.2. The van der Waals surface area contributed by atoms with Gasteiger partial charge in [0.1, 0.15) is 17.8 Å². The molecular formula is C26H32F6N10O2. The number of carbonyl (C=O) groups is 2. The number of hydrogen-bond donors (Lipinski definition) is 2. The molecule has 0 saturated heterocycles. The summed E-state index contributed by atoms with van der Waals surface area (Å²) in [5.74, 6) is -7.80. The standard InChI is InChI=1S/C26H32F6N10O2/c1-14(2)41-18(5-8-33-41)23(43)36-21(15-3-6-25(29,30)7-4-15)24(44)35-16-12-34-40(13-16)19(9-20(27)28)22-37-38-39-42(22)17-10-26(31,32)11-17/h5,8,12-15,17,19-21H,3-4,6-7,9-11H2,1-2H3,(H,35,44)(H,36,43)/t19?,21-/m0/s1. The molecule has 2 saturated carbocycles. The van der Waals surface area contributed by atoms with Crippen LogP contribution in [0.2, 0.25) is 0 Å². The molecule has 2 atom stereocenters. The molecule has 0 radical (unpaired) electrons. The summed E-state index contributed by atoms with van der Waals surface area (Å²) in [6.45, 7) is 3.63. The molecule has 2 amide bonds. The molecule has 2 aliphatic carbocycles. The van der Waals surface area contributed by atoms with E-state index in [1.165, 1.54) is 29.3 Å². The number of tetrazole rings is 1. The molecule has 0 bridgehead atoms. The van der Waals surface area contributed by atoms with Crippen LogP contribution in [0.1, 0.15) is 93.2 Å². The number of alkyl halides is 6. The summed E-state index contributed by atoms with van der Waals surface area (Å²) in [5, 5.41) is 24.5. The second kappa shape index (κ2) is 12.2. The SMILES string of the molecule is CC(C)n1nccc1C(=O)N[C@H](C(=O)Nc1cnn(C(CC(F)F)c2nnnn2C2CC(F)(F)C2)c1)C1CCC(F)(F)CC1. The molecule has 5 rings (SSSR count). The van der Waals surface area contributed by atoms with Crippen molar-refractivity contribution in [1.82, 2.24) is 45.1 Å². The number of carbonyl (C=O) groups excluding carboxylic acids is 2. The van der Waals surface area contributed by atoms with E-state index < -0.39 is 86.2 Å². The third-order valence-electron chi connectivity index (χ3n) is 8.01. The fourth-order valence-electron chi connectivity index (χ4n) is 5.69. The molecule has 1 unspecified atom stereocenters. The van der Waals surface area contributed by atoms with E-state index in [4.69, 9.17) is 0 Å². The van der Waals surface area contributed by atoms with E-state index in [2.05, 4.69) is 36.4 Å². The molecule has 18 heteroatoms. The van der Waals surface area contributed by atoms with Crippen LogP contribution in [0, 0.1) is 5.92 Å². The summed E-state index contributed by atoms with van der Waals surface area (Å²) in [5.41, 5.74) is 0.250. The number of hydrogen-bond acceptors (Lipinski definition) is 7. The van der Waals surface area contributed by atoms with Gasteiger partial charge in [-0.1, -0.05) is 0 Å². The predicted molar refractivity (Wildman–Crippen MR) is 141 cm³/mol. The van der Waals surface area contributed by atoms with Gasteiger partial charge in [0.2, 0.25) is 18.3 Å². The third kappa shape index (κ3) is 6.88. The Bertz CT molecular complexity index is 1450. The van der Waals surface area contributed by atoms with Crippen LogP contribution in [0.4, 0.5) is 32.0 Å². The fraction of sp³-hybridized carbons (Fsp3) is 0.654. The van der Waals surface area contributed by atoms with Crippen LogP contribution in [-0.2, 0) is 4.79 Å². The second-order valence-electron chi connectivity index (χ2n) is 11.6. The maximum absolute atomic E-state index is 13.9. The zero-order valence-corrected chi connectivity index (χ0v) is 23.9. The summed E-state index contributed by atoms with van der Waals surface area (Å²) in [4.78, 5) is 26.7. The zero-order chi connectivity index (χ0) is 31.8. The predicted octanol–water partition coefficient (Wildman–Crippen LogP) is 4.42. The number of aromatic nitrogens is 8. The Morgan fingerprint density at radius 3 is 2.41 bits per heavy atom. The maximum atomic E-state index is 13.9. The van der Waals surface area contributed by atoms with Crippen molar-refractivity contribution in [3.8, 4) is 0 Å². The van der Waals surface area contributed by atoms with Crippen molar-refractivity contribution in [2.45, 2.75) is 101 Å². The highest BCUT2D eigenvalue weighted by molar-refractivity contribution is 6.00. The Morgan fingerprint density at radius 2 is 1.77 bits per heavy atom. The number of amides is 2. The Morgan fingerprint density at radius 1 is 1.07 bits per heavy atom. The average Bonchev–Trinajstić information content (AvgIpc) is 3.70. The minimum absolute atomic E-state index is 0.0204. The van der Waals surface area contributed by atoms with Crippen molar-refractivity contribution < 1.29 is 35.9 Å². The van der Waals surface area contributed by atoms with Crippen LogP contribution in [0.25, 0.3) is 0 Å². The van der Waals surface area contributed by atoms with Crippen LogP contribution in [0.15, 0.2) is 24.7 Å². The van der Waals surface area contributed by atoms with Crippen molar-refractivity contribution in [2.75, 3.05) is 5.32 Å². The van der Waals surface area contributed by atoms with E-state index in [0.29, 0.717) is 0 Å². The largest absolute Gasteiger partial charge is 0.339 e. The molecule has 0 aromatic carbocycles. The number of nitrogens with zero attached hydrogens (tertiary/aromatic N) is 8. The summed E-state index contributed by atoms with van der Waals surface area (Å²) in [7, 11) is 0. The highest BCUT2D eigenvalue weighted by Crippen LogP contribution is 2.46. The molecule has 3 aromatic heterocycles. The Labute approximate surface area is 247 Å². The van der Waals surface area contributed by atoms with Gasteiger partial charge in [0, 0.05) is 50.5 Å². The molecule has 0 spiro atoms. The van der Waals surface area contributed by atoms with E-state index in [1.807, 2.05) is 13.8 Å². The molecule has 240 valence electrons. The average molecular weight is 631 g/mol. The van der Waals surface area contributed by atoms with Gasteiger partial charge in [-0.05, 0) is 49.1 Å². The van der Waals surface area contributed by atoms with Crippen LogP contribution in [-0.4, -0.2) is 75.9 Å². The van der Waals surface area contributed by atoms with Crippen LogP contribution < -0.4 is 10.6 Å². The molecule has 12 nitrogen and oxygen atoms in total. The topological polar surface area (TPSA) is 137 Å². The van der Waals surface area contributed by atoms with Gasteiger partial charge in [0.15, 0.2) is 5.82 Å². The highest BCUT2D eigenvalue weighted by atomic mass is 19.3. The van der Waals surface area contributed by atoms with E-state index >= 15 is 0 Å². The van der Waals surface area contributed by atoms with Crippen molar-refractivity contribution in [3.05, 3.63) is 36.2 Å². The second-order valence-corrected chi connectivity index (χ2v) is 11.6. The van der Waals surface area contributed by atoms with Gasteiger partial charge < -0.3 is 10.6 Å². The lowest BCUT2D eigenvalue weighted by Gasteiger charge is -2.35. The van der Waals surface area contributed by atoms with Crippen molar-refractivity contribution >= 4 is 17.5 Å². The molecule has 44 heavy (non-hydrogen) atoms. The Hall–Kier alpha value is -3.99. The van der Waals surface area contributed by atoms with Crippen molar-refractivity contribution in [2.24, 2.45) is 5.92 Å². The van der Waals surface area contributed by atoms with Crippen LogP contribution in [0.3, 0.4) is 0 Å². The Balaban J connectivity index is 1.35. The third-order valence-corrected chi connectivity index (χ3v) is 8.01. The van der Waals surface area contributed by atoms with Gasteiger partial charge in [0.25, 0.3) is 11.8 Å². The van der Waals surface area contributed by atoms with Gasteiger partial charge in [0.05, 0.1) is 17.9 Å². The van der Waals surface area contributed by atoms with E-state index in [0.717, 1.165) is 9.36 Å². The van der Waals surface area contributed by atoms with E-state index in [1.54, 1.807) is 0 Å². The Kier molecular flexibility index (Phi) is 8.71. The lowest BCUT2D eigenvalue weighted by atomic mass is 9.81. The normalized spacial score (nSPS) is 20.0. The first-order valence-electron chi connectivity index (χ1n) is 14.2. The molecule has 3 heterocycles. The summed E-state index contributed by atoms with van der Waals surface area (Å²) in [6, 6.07) is -1.92. The number of rotatable bonds is 11. The number of halogens is 6. The minimum atomic E-state index is -2.90. The summed E-state index contributed by atoms with van der Waals surface area (Å²) in [6.07, 6.45) is -1.77. The molecule has 3 aromatic rings. The summed E-state index contributed by atoms with van der Waals surface area (Å²) < 4.78 is 85.7. The zero-order valence-electron chi connectivity index (χ0n) is 23.9. The van der Waals surface area contributed by atoms with Crippen molar-refractivity contribution in [1.29, 1.82) is 0 Å². The quantitative estimate of drug-likeness (QED) is 0.299. The molecular weight excluding hydrogens is 598 g/mol. The van der Waals surface area contributed by atoms with Gasteiger partial charge >= 0.3 is 0 Å². The van der Waals surface area contributed by atoms with E-state index in [-0.39, 0.29) is 36.1 Å². The lowest BCUT2D eigenvalue weighted by molar-refractivity contribution is -0.121. The first kappa shape index (κ1) is 31.4. The van der Waals surface area contributed by atoms with Crippen LogP contribution in [0.5, 0.6) is 0 Å². The van der Waals surface area contributed by atoms with Crippen LogP contribution >= 0.6 is 0 Å². The molecule has 0 aliphatic heterocycles. The van der Waals surface area contributed by atoms with Crippen molar-refractivity contribution in [3.63, 3.8) is 0 Å². The minimum Gasteiger partial charge on any atom is -0.339 e. The molecule has 2 fully saturated rings. The smallest absolute Gasteiger partial charge is 0.270 e. The van der Waals surface area contributed by atoms with Gasteiger partial charge in [-0.3, -0.25) is 19.0 Å². The van der Waals surface area contributed by atoms with Gasteiger partial charge in [-0.25, -0.2) is 31.0 Å².